The molecule has 4 heterocycles. The van der Waals surface area contributed by atoms with E-state index in [1.807, 2.05) is 73.1 Å². The van der Waals surface area contributed by atoms with Crippen molar-refractivity contribution < 1.29 is 13.8 Å². The maximum atomic E-state index is 13.3. The van der Waals surface area contributed by atoms with E-state index in [0.717, 1.165) is 39.2 Å². The van der Waals surface area contributed by atoms with Gasteiger partial charge in [0.2, 0.25) is 6.04 Å². The Hall–Kier alpha value is -4.19. The third-order valence-corrected chi connectivity index (χ3v) is 5.68. The van der Waals surface area contributed by atoms with Gasteiger partial charge in [-0.1, -0.05) is 36.4 Å². The highest BCUT2D eigenvalue weighted by Crippen LogP contribution is 2.31. The van der Waals surface area contributed by atoms with Crippen molar-refractivity contribution in [3.63, 3.8) is 0 Å². The van der Waals surface area contributed by atoms with Gasteiger partial charge in [-0.2, -0.15) is 4.57 Å². The van der Waals surface area contributed by atoms with Crippen LogP contribution in [-0.2, 0) is 6.42 Å². The van der Waals surface area contributed by atoms with Crippen molar-refractivity contribution in [3.05, 3.63) is 91.1 Å². The van der Waals surface area contributed by atoms with E-state index in [2.05, 4.69) is 16.4 Å². The summed E-state index contributed by atoms with van der Waals surface area (Å²) in [5.74, 6) is 1.46. The topological polar surface area (TPSA) is 74.8 Å². The molecule has 150 valence electrons. The second-order valence-electron chi connectivity index (χ2n) is 7.66. The van der Waals surface area contributed by atoms with Crippen LogP contribution in [0.15, 0.2) is 89.8 Å². The molecule has 0 bridgehead atoms. The maximum absolute atomic E-state index is 13.3. The number of aromatic amines is 1. The predicted molar refractivity (Wildman–Crippen MR) is 118 cm³/mol. The fourth-order valence-electron chi connectivity index (χ4n) is 4.13. The number of anilines is 1. The Kier molecular flexibility index (Phi) is 3.96. The largest absolute Gasteiger partial charge is 0.469 e. The minimum Gasteiger partial charge on any atom is -0.469 e. The number of hydrogen-bond acceptors (Lipinski definition) is 4. The Morgan fingerprint density at radius 2 is 1.90 bits per heavy atom. The van der Waals surface area contributed by atoms with Crippen molar-refractivity contribution in [1.82, 2.24) is 9.97 Å². The van der Waals surface area contributed by atoms with Crippen LogP contribution >= 0.6 is 0 Å². The van der Waals surface area contributed by atoms with Crippen LogP contribution in [0.4, 0.5) is 5.82 Å². The van der Waals surface area contributed by atoms with Crippen LogP contribution in [0.5, 0.6) is 0 Å². The highest BCUT2D eigenvalue weighted by atomic mass is 16.3. The number of carbonyl (C=O) groups is 1. The molecular formula is C25H19N4O2+. The van der Waals surface area contributed by atoms with E-state index in [9.17, 15) is 4.79 Å². The van der Waals surface area contributed by atoms with E-state index >= 15 is 0 Å². The second-order valence-corrected chi connectivity index (χ2v) is 7.66. The average Bonchev–Trinajstić information content (AvgIpc) is 3.55. The molecule has 0 saturated carbocycles. The van der Waals surface area contributed by atoms with E-state index < -0.39 is 6.04 Å². The number of furan rings is 1. The highest BCUT2D eigenvalue weighted by Gasteiger charge is 2.41. The van der Waals surface area contributed by atoms with Crippen molar-refractivity contribution in [2.45, 2.75) is 12.5 Å². The first-order chi connectivity index (χ1) is 15.3. The second kappa shape index (κ2) is 6.95. The first-order valence-electron chi connectivity index (χ1n) is 10.2. The summed E-state index contributed by atoms with van der Waals surface area (Å²) in [5, 5.41) is 4.49. The van der Waals surface area contributed by atoms with Gasteiger partial charge in [-0.05, 0) is 30.3 Å². The molecule has 0 fully saturated rings. The Morgan fingerprint density at radius 3 is 2.74 bits per heavy atom. The zero-order valence-electron chi connectivity index (χ0n) is 16.6. The molecule has 0 amide bonds. The van der Waals surface area contributed by atoms with E-state index in [-0.39, 0.29) is 5.91 Å². The van der Waals surface area contributed by atoms with Crippen molar-refractivity contribution in [2.24, 2.45) is 0 Å². The van der Waals surface area contributed by atoms with Gasteiger partial charge in [-0.3, -0.25) is 5.32 Å². The number of aromatic nitrogens is 3. The molecule has 1 unspecified atom stereocenters. The van der Waals surface area contributed by atoms with Crippen LogP contribution in [-0.4, -0.2) is 21.9 Å². The molecular weight excluding hydrogens is 388 g/mol. The van der Waals surface area contributed by atoms with Gasteiger partial charge >= 0.3 is 11.7 Å². The molecule has 0 radical (unpaired) electrons. The van der Waals surface area contributed by atoms with E-state index in [0.29, 0.717) is 12.2 Å². The number of benzene rings is 2. The zero-order chi connectivity index (χ0) is 20.8. The van der Waals surface area contributed by atoms with Gasteiger partial charge in [-0.15, -0.1) is 0 Å². The quantitative estimate of drug-likeness (QED) is 0.432. The summed E-state index contributed by atoms with van der Waals surface area (Å²) >= 11 is 0. The Morgan fingerprint density at radius 1 is 1.00 bits per heavy atom. The average molecular weight is 407 g/mol. The molecule has 0 spiro atoms. The first-order valence-corrected chi connectivity index (χ1v) is 10.2. The number of hydrogen-bond donors (Lipinski definition) is 2. The lowest BCUT2D eigenvalue weighted by atomic mass is 10.1. The third kappa shape index (κ3) is 3.00. The van der Waals surface area contributed by atoms with Gasteiger partial charge < -0.3 is 9.40 Å². The molecule has 6 heteroatoms. The standard InChI is InChI=1S/C25H18N4O2/c30-25-21(14-19-7-4-12-31-19)28-24-23(18-8-9-20-17(13-18)10-11-26-20)27-22(15-29(24)25)16-5-2-1-3-6-16/h1-13,15,21H,14H2,(H,26,27)/p+1. The van der Waals surface area contributed by atoms with E-state index in [4.69, 9.17) is 9.40 Å². The van der Waals surface area contributed by atoms with Crippen molar-refractivity contribution >= 4 is 22.6 Å². The molecule has 6 nitrogen and oxygen atoms in total. The molecule has 1 atom stereocenters. The number of nitrogens with zero attached hydrogens (tertiary/aromatic N) is 2. The van der Waals surface area contributed by atoms with E-state index in [1.54, 1.807) is 10.8 Å². The number of fused-ring (bicyclic) bond motifs is 2. The summed E-state index contributed by atoms with van der Waals surface area (Å²) < 4.78 is 7.16. The van der Waals surface area contributed by atoms with Gasteiger partial charge in [0.1, 0.15) is 17.7 Å². The fraction of sp³-hybridized carbons (Fsp3) is 0.0800. The van der Waals surface area contributed by atoms with E-state index in [1.165, 1.54) is 0 Å². The predicted octanol–water partition coefficient (Wildman–Crippen LogP) is 4.45. The summed E-state index contributed by atoms with van der Waals surface area (Å²) in [4.78, 5) is 21.5. The summed E-state index contributed by atoms with van der Waals surface area (Å²) in [6.45, 7) is 0. The Bertz CT molecular complexity index is 1400. The lowest BCUT2D eigenvalue weighted by Crippen LogP contribution is -2.43. The molecule has 5 aromatic rings. The lowest BCUT2D eigenvalue weighted by molar-refractivity contribution is -0.551. The summed E-state index contributed by atoms with van der Waals surface area (Å²) in [7, 11) is 0. The smallest absolute Gasteiger partial charge is 0.359 e. The number of rotatable bonds is 4. The minimum absolute atomic E-state index is 0.0186. The maximum Gasteiger partial charge on any atom is 0.359 e. The van der Waals surface area contributed by atoms with Crippen LogP contribution in [0, 0.1) is 0 Å². The van der Waals surface area contributed by atoms with Gasteiger partial charge in [0.25, 0.3) is 0 Å². The van der Waals surface area contributed by atoms with Gasteiger partial charge in [-0.25, -0.2) is 9.78 Å². The number of nitrogens with one attached hydrogen (secondary N) is 2. The molecule has 31 heavy (non-hydrogen) atoms. The molecule has 0 aliphatic carbocycles. The molecule has 0 saturated heterocycles. The molecule has 2 aromatic carbocycles. The van der Waals surface area contributed by atoms with Crippen molar-refractivity contribution in [3.8, 4) is 22.5 Å². The molecule has 3 aromatic heterocycles. The minimum atomic E-state index is -0.409. The van der Waals surface area contributed by atoms with Crippen LogP contribution in [0.1, 0.15) is 10.6 Å². The zero-order valence-corrected chi connectivity index (χ0v) is 16.6. The Labute approximate surface area is 178 Å². The monoisotopic (exact) mass is 407 g/mol. The van der Waals surface area contributed by atoms with Crippen LogP contribution < -0.4 is 9.88 Å². The SMILES string of the molecule is O=C1C(Cc2ccco2)Nc2c(-c3ccc4[nH]ccc4c3)nc(-c3ccccc3)c[n+]21. The number of carbonyl (C=O) groups excluding carboxylic acids is 1. The summed E-state index contributed by atoms with van der Waals surface area (Å²) in [6.07, 6.45) is 5.84. The first kappa shape index (κ1) is 17.7. The van der Waals surface area contributed by atoms with Gasteiger partial charge in [0.15, 0.2) is 5.69 Å². The molecule has 1 aliphatic heterocycles. The molecule has 1 aliphatic rings. The number of H-pyrrole nitrogens is 1. The third-order valence-electron chi connectivity index (χ3n) is 5.68. The highest BCUT2D eigenvalue weighted by molar-refractivity contribution is 5.90. The van der Waals surface area contributed by atoms with Crippen LogP contribution in [0.3, 0.4) is 0 Å². The lowest BCUT2D eigenvalue weighted by Gasteiger charge is -2.07. The van der Waals surface area contributed by atoms with Crippen LogP contribution in [0.2, 0.25) is 0 Å². The van der Waals surface area contributed by atoms with Crippen LogP contribution in [0.25, 0.3) is 33.4 Å². The normalized spacial score (nSPS) is 15.2. The van der Waals surface area contributed by atoms with Crippen molar-refractivity contribution in [1.29, 1.82) is 0 Å². The summed E-state index contributed by atoms with van der Waals surface area (Å²) in [5.41, 5.74) is 4.48. The Balaban J connectivity index is 1.51. The fourth-order valence-corrected chi connectivity index (χ4v) is 4.13. The van der Waals surface area contributed by atoms with Crippen molar-refractivity contribution in [2.75, 3.05) is 5.32 Å². The summed E-state index contributed by atoms with van der Waals surface area (Å²) in [6, 6.07) is 21.4. The van der Waals surface area contributed by atoms with Gasteiger partial charge in [0.05, 0.1) is 12.7 Å². The molecule has 2 N–H and O–H groups in total. The molecule has 6 rings (SSSR count). The van der Waals surface area contributed by atoms with Gasteiger partial charge in [0, 0.05) is 28.2 Å².